The molecule has 0 aliphatic heterocycles. The van der Waals surface area contributed by atoms with Crippen molar-refractivity contribution in [1.82, 2.24) is 5.32 Å². The van der Waals surface area contributed by atoms with Crippen LogP contribution < -0.4 is 10.5 Å². The van der Waals surface area contributed by atoms with Crippen LogP contribution in [0.5, 0.6) is 0 Å². The Hall–Kier alpha value is -2.22. The van der Waals surface area contributed by atoms with E-state index in [1.54, 1.807) is 19.1 Å². The molecule has 2 aromatic rings. The molecule has 0 spiro atoms. The summed E-state index contributed by atoms with van der Waals surface area (Å²) in [4.78, 5) is 11.9. The Labute approximate surface area is 141 Å². The standard InChI is InChI=1S/C17H20N2O4S/c1-13(15-8-5-9-16(10-15)24(18,21)22)19-17(20)12-23-11-14-6-3-2-4-7-14/h2-10,13H,11-12H2,1H3,(H,19,20)(H2,18,21,22). The molecule has 6 nitrogen and oxygen atoms in total. The first-order valence-corrected chi connectivity index (χ1v) is 8.94. The fourth-order valence-corrected chi connectivity index (χ4v) is 2.73. The van der Waals surface area contributed by atoms with E-state index in [1.807, 2.05) is 30.3 Å². The maximum absolute atomic E-state index is 11.9. The minimum Gasteiger partial charge on any atom is -0.367 e. The second kappa shape index (κ2) is 8.05. The lowest BCUT2D eigenvalue weighted by Crippen LogP contribution is -2.30. The molecule has 7 heteroatoms. The van der Waals surface area contributed by atoms with Gasteiger partial charge in [0.15, 0.2) is 0 Å². The van der Waals surface area contributed by atoms with Crippen LogP contribution >= 0.6 is 0 Å². The van der Waals surface area contributed by atoms with Crippen molar-refractivity contribution in [1.29, 1.82) is 0 Å². The molecule has 0 bridgehead atoms. The molecule has 0 radical (unpaired) electrons. The largest absolute Gasteiger partial charge is 0.367 e. The summed E-state index contributed by atoms with van der Waals surface area (Å²) in [6, 6.07) is 15.4. The van der Waals surface area contributed by atoms with Gasteiger partial charge >= 0.3 is 0 Å². The Bertz CT molecular complexity index is 791. The van der Waals surface area contributed by atoms with Gasteiger partial charge < -0.3 is 10.1 Å². The van der Waals surface area contributed by atoms with Gasteiger partial charge in [0.2, 0.25) is 15.9 Å². The van der Waals surface area contributed by atoms with Crippen molar-refractivity contribution in [3.05, 3.63) is 65.7 Å². The molecule has 0 heterocycles. The van der Waals surface area contributed by atoms with E-state index in [0.717, 1.165) is 5.56 Å². The number of nitrogens with one attached hydrogen (secondary N) is 1. The molecule has 1 atom stereocenters. The minimum absolute atomic E-state index is 0.0152. The molecule has 0 aromatic heterocycles. The summed E-state index contributed by atoms with van der Waals surface area (Å²) in [5, 5.41) is 7.87. The van der Waals surface area contributed by atoms with Crippen molar-refractivity contribution in [2.75, 3.05) is 6.61 Å². The Morgan fingerprint density at radius 1 is 1.17 bits per heavy atom. The van der Waals surface area contributed by atoms with Crippen LogP contribution in [0, 0.1) is 0 Å². The quantitative estimate of drug-likeness (QED) is 0.796. The summed E-state index contributed by atoms with van der Waals surface area (Å²) in [6.07, 6.45) is 0. The third-order valence-corrected chi connectivity index (χ3v) is 4.32. The van der Waals surface area contributed by atoms with Crippen molar-refractivity contribution in [3.63, 3.8) is 0 Å². The van der Waals surface area contributed by atoms with E-state index >= 15 is 0 Å². The summed E-state index contributed by atoms with van der Waals surface area (Å²) in [7, 11) is -3.77. The SMILES string of the molecule is CC(NC(=O)COCc1ccccc1)c1cccc(S(N)(=O)=O)c1. The van der Waals surface area contributed by atoms with Gasteiger partial charge in [0, 0.05) is 0 Å². The highest BCUT2D eigenvalue weighted by molar-refractivity contribution is 7.89. The van der Waals surface area contributed by atoms with E-state index in [9.17, 15) is 13.2 Å². The lowest BCUT2D eigenvalue weighted by Gasteiger charge is -2.15. The fourth-order valence-electron chi connectivity index (χ4n) is 2.16. The smallest absolute Gasteiger partial charge is 0.246 e. The summed E-state index contributed by atoms with van der Waals surface area (Å²) in [6.45, 7) is 2.04. The average Bonchev–Trinajstić information content (AvgIpc) is 2.55. The summed E-state index contributed by atoms with van der Waals surface area (Å²) >= 11 is 0. The molecule has 0 saturated carbocycles. The zero-order chi connectivity index (χ0) is 17.6. The molecule has 2 rings (SSSR count). The number of amides is 1. The highest BCUT2D eigenvalue weighted by atomic mass is 32.2. The number of hydrogen-bond donors (Lipinski definition) is 2. The first-order valence-electron chi connectivity index (χ1n) is 7.40. The molecule has 24 heavy (non-hydrogen) atoms. The van der Waals surface area contributed by atoms with E-state index in [-0.39, 0.29) is 23.5 Å². The minimum atomic E-state index is -3.77. The monoisotopic (exact) mass is 348 g/mol. The predicted molar refractivity (Wildman–Crippen MR) is 90.5 cm³/mol. The number of sulfonamides is 1. The highest BCUT2D eigenvalue weighted by Crippen LogP contribution is 2.16. The van der Waals surface area contributed by atoms with Crippen LogP contribution in [0.4, 0.5) is 0 Å². The lowest BCUT2D eigenvalue weighted by atomic mass is 10.1. The molecule has 1 amide bonds. The first-order chi connectivity index (χ1) is 11.4. The van der Waals surface area contributed by atoms with E-state index < -0.39 is 10.0 Å². The number of primary sulfonamides is 1. The molecule has 128 valence electrons. The summed E-state index contributed by atoms with van der Waals surface area (Å²) in [5.41, 5.74) is 1.64. The van der Waals surface area contributed by atoms with Crippen LogP contribution in [0.1, 0.15) is 24.1 Å². The molecule has 0 aliphatic carbocycles. The Kier molecular flexibility index (Phi) is 6.08. The van der Waals surface area contributed by atoms with Gasteiger partial charge in [-0.15, -0.1) is 0 Å². The molecule has 0 aliphatic rings. The number of rotatable bonds is 7. The van der Waals surface area contributed by atoms with Crippen LogP contribution in [0.3, 0.4) is 0 Å². The summed E-state index contributed by atoms with van der Waals surface area (Å²) < 4.78 is 28.1. The molecule has 0 saturated heterocycles. The number of carbonyl (C=O) groups is 1. The van der Waals surface area contributed by atoms with E-state index in [4.69, 9.17) is 9.88 Å². The second-order valence-corrected chi connectivity index (χ2v) is 6.95. The maximum Gasteiger partial charge on any atom is 0.246 e. The average molecular weight is 348 g/mol. The van der Waals surface area contributed by atoms with Crippen LogP contribution in [-0.2, 0) is 26.2 Å². The number of benzene rings is 2. The molecule has 3 N–H and O–H groups in total. The highest BCUT2D eigenvalue weighted by Gasteiger charge is 2.13. The van der Waals surface area contributed by atoms with Gasteiger partial charge in [-0.05, 0) is 30.2 Å². The van der Waals surface area contributed by atoms with Crippen molar-refractivity contribution < 1.29 is 17.9 Å². The number of nitrogens with two attached hydrogens (primary N) is 1. The zero-order valence-electron chi connectivity index (χ0n) is 13.3. The van der Waals surface area contributed by atoms with Gasteiger partial charge in [0.25, 0.3) is 0 Å². The number of ether oxygens (including phenoxy) is 1. The van der Waals surface area contributed by atoms with Crippen LogP contribution in [0.25, 0.3) is 0 Å². The van der Waals surface area contributed by atoms with Gasteiger partial charge in [-0.25, -0.2) is 13.6 Å². The van der Waals surface area contributed by atoms with Crippen LogP contribution in [0.15, 0.2) is 59.5 Å². The van der Waals surface area contributed by atoms with Gasteiger partial charge in [-0.1, -0.05) is 42.5 Å². The van der Waals surface area contributed by atoms with Crippen molar-refractivity contribution >= 4 is 15.9 Å². The molecule has 0 fully saturated rings. The van der Waals surface area contributed by atoms with Gasteiger partial charge in [0.1, 0.15) is 6.61 Å². The second-order valence-electron chi connectivity index (χ2n) is 5.39. The maximum atomic E-state index is 11.9. The molecular weight excluding hydrogens is 328 g/mol. The number of carbonyl (C=O) groups excluding carboxylic acids is 1. The lowest BCUT2D eigenvalue weighted by molar-refractivity contribution is -0.126. The van der Waals surface area contributed by atoms with E-state index in [1.165, 1.54) is 12.1 Å². The summed E-state index contributed by atoms with van der Waals surface area (Å²) in [5.74, 6) is -0.278. The topological polar surface area (TPSA) is 98.5 Å². The normalized spacial score (nSPS) is 12.6. The third kappa shape index (κ3) is 5.45. The van der Waals surface area contributed by atoms with Crippen molar-refractivity contribution in [2.24, 2.45) is 5.14 Å². The predicted octanol–water partition coefficient (Wildman–Crippen LogP) is 1.73. The van der Waals surface area contributed by atoms with Gasteiger partial charge in [-0.2, -0.15) is 0 Å². The molecule has 1 unspecified atom stereocenters. The first kappa shape index (κ1) is 18.1. The van der Waals surface area contributed by atoms with Crippen LogP contribution in [-0.4, -0.2) is 20.9 Å². The number of hydrogen-bond acceptors (Lipinski definition) is 4. The fraction of sp³-hybridized carbons (Fsp3) is 0.235. The van der Waals surface area contributed by atoms with Gasteiger partial charge in [0.05, 0.1) is 17.5 Å². The van der Waals surface area contributed by atoms with Crippen LogP contribution in [0.2, 0.25) is 0 Å². The van der Waals surface area contributed by atoms with Gasteiger partial charge in [-0.3, -0.25) is 4.79 Å². The molecular formula is C17H20N2O4S. The Balaban J connectivity index is 1.87. The van der Waals surface area contributed by atoms with E-state index in [0.29, 0.717) is 12.2 Å². The van der Waals surface area contributed by atoms with Crippen molar-refractivity contribution in [3.8, 4) is 0 Å². The Morgan fingerprint density at radius 3 is 2.54 bits per heavy atom. The zero-order valence-corrected chi connectivity index (χ0v) is 14.1. The van der Waals surface area contributed by atoms with E-state index in [2.05, 4.69) is 5.32 Å². The Morgan fingerprint density at radius 2 is 1.88 bits per heavy atom. The van der Waals surface area contributed by atoms with Crippen molar-refractivity contribution in [2.45, 2.75) is 24.5 Å². The molecule has 2 aromatic carbocycles. The third-order valence-electron chi connectivity index (χ3n) is 3.41.